The SMILES string of the molecule is COC(=O)c1cc(Cl)c2c(C(C)C)[nH]nc2n1. The molecule has 0 amide bonds. The number of pyridine rings is 1. The molecule has 0 radical (unpaired) electrons. The van der Waals surface area contributed by atoms with Crippen molar-refractivity contribution in [1.82, 2.24) is 15.2 Å². The highest BCUT2D eigenvalue weighted by atomic mass is 35.5. The molecule has 0 spiro atoms. The van der Waals surface area contributed by atoms with Gasteiger partial charge in [-0.25, -0.2) is 9.78 Å². The molecule has 6 heteroatoms. The molecule has 0 aliphatic rings. The number of hydrogen-bond acceptors (Lipinski definition) is 4. The number of rotatable bonds is 2. The number of nitrogens with one attached hydrogen (secondary N) is 1. The molecule has 90 valence electrons. The smallest absolute Gasteiger partial charge is 0.356 e. The van der Waals surface area contributed by atoms with Gasteiger partial charge in [0.25, 0.3) is 0 Å². The highest BCUT2D eigenvalue weighted by Crippen LogP contribution is 2.29. The molecule has 0 aliphatic heterocycles. The lowest BCUT2D eigenvalue weighted by atomic mass is 10.1. The zero-order chi connectivity index (χ0) is 12.6. The molecule has 0 unspecified atom stereocenters. The number of methoxy groups -OCH3 is 1. The predicted molar refractivity (Wildman–Crippen MR) is 64.3 cm³/mol. The number of carbonyl (C=O) groups excluding carboxylic acids is 1. The second kappa shape index (κ2) is 4.33. The van der Waals surface area contributed by atoms with Crippen LogP contribution in [0.1, 0.15) is 35.9 Å². The van der Waals surface area contributed by atoms with Crippen LogP contribution in [0.25, 0.3) is 11.0 Å². The number of halogens is 1. The molecule has 0 saturated carbocycles. The van der Waals surface area contributed by atoms with Gasteiger partial charge < -0.3 is 4.74 Å². The average Bonchev–Trinajstić information content (AvgIpc) is 2.72. The Bertz CT molecular complexity index is 577. The van der Waals surface area contributed by atoms with E-state index in [-0.39, 0.29) is 11.6 Å². The van der Waals surface area contributed by atoms with Crippen LogP contribution in [-0.4, -0.2) is 28.3 Å². The van der Waals surface area contributed by atoms with Crippen molar-refractivity contribution >= 4 is 28.6 Å². The number of aromatic nitrogens is 3. The van der Waals surface area contributed by atoms with Gasteiger partial charge in [0, 0.05) is 5.69 Å². The Morgan fingerprint density at radius 2 is 2.24 bits per heavy atom. The lowest BCUT2D eigenvalue weighted by Gasteiger charge is -2.03. The maximum Gasteiger partial charge on any atom is 0.356 e. The van der Waals surface area contributed by atoms with Crippen molar-refractivity contribution in [2.24, 2.45) is 0 Å². The zero-order valence-corrected chi connectivity index (χ0v) is 10.5. The van der Waals surface area contributed by atoms with E-state index in [9.17, 15) is 4.79 Å². The largest absolute Gasteiger partial charge is 0.464 e. The molecule has 0 aliphatic carbocycles. The number of hydrogen-bond donors (Lipinski definition) is 1. The molecule has 2 aromatic rings. The first-order valence-corrected chi connectivity index (χ1v) is 5.55. The molecule has 0 saturated heterocycles. The van der Waals surface area contributed by atoms with Crippen LogP contribution < -0.4 is 0 Å². The fourth-order valence-electron chi connectivity index (χ4n) is 1.63. The Morgan fingerprint density at radius 3 is 2.82 bits per heavy atom. The van der Waals surface area contributed by atoms with Crippen LogP contribution in [0.2, 0.25) is 5.02 Å². The molecule has 5 nitrogen and oxygen atoms in total. The van der Waals surface area contributed by atoms with E-state index in [2.05, 4.69) is 19.9 Å². The quantitative estimate of drug-likeness (QED) is 0.835. The van der Waals surface area contributed by atoms with Crippen molar-refractivity contribution in [2.45, 2.75) is 19.8 Å². The number of nitrogens with zero attached hydrogens (tertiary/aromatic N) is 2. The third kappa shape index (κ3) is 1.98. The summed E-state index contributed by atoms with van der Waals surface area (Å²) < 4.78 is 4.60. The van der Waals surface area contributed by atoms with E-state index >= 15 is 0 Å². The highest BCUT2D eigenvalue weighted by molar-refractivity contribution is 6.35. The summed E-state index contributed by atoms with van der Waals surface area (Å²) in [4.78, 5) is 15.5. The van der Waals surface area contributed by atoms with Crippen LogP contribution >= 0.6 is 11.6 Å². The predicted octanol–water partition coefficient (Wildman–Crippen LogP) is 2.52. The van der Waals surface area contributed by atoms with Crippen LogP contribution in [0.15, 0.2) is 6.07 Å². The third-order valence-electron chi connectivity index (χ3n) is 2.48. The number of ether oxygens (including phenoxy) is 1. The van der Waals surface area contributed by atoms with Gasteiger partial charge in [0.05, 0.1) is 17.5 Å². The van der Waals surface area contributed by atoms with Crippen LogP contribution in [0.4, 0.5) is 0 Å². The number of H-pyrrole nitrogens is 1. The minimum absolute atomic E-state index is 0.159. The molecule has 0 fully saturated rings. The fourth-order valence-corrected chi connectivity index (χ4v) is 1.92. The Labute approximate surface area is 103 Å². The molecule has 0 atom stereocenters. The Kier molecular flexibility index (Phi) is 3.02. The summed E-state index contributed by atoms with van der Waals surface area (Å²) in [5.41, 5.74) is 1.50. The van der Waals surface area contributed by atoms with Gasteiger partial charge in [0.2, 0.25) is 0 Å². The minimum Gasteiger partial charge on any atom is -0.464 e. The monoisotopic (exact) mass is 253 g/mol. The van der Waals surface area contributed by atoms with Gasteiger partial charge in [-0.3, -0.25) is 5.10 Å². The minimum atomic E-state index is -0.525. The highest BCUT2D eigenvalue weighted by Gasteiger charge is 2.17. The van der Waals surface area contributed by atoms with Crippen molar-refractivity contribution in [3.05, 3.63) is 22.5 Å². The molecule has 2 aromatic heterocycles. The number of fused-ring (bicyclic) bond motifs is 1. The second-order valence-electron chi connectivity index (χ2n) is 3.97. The number of aromatic amines is 1. The molecule has 2 heterocycles. The third-order valence-corrected chi connectivity index (χ3v) is 2.77. The van der Waals surface area contributed by atoms with Crippen molar-refractivity contribution in [3.8, 4) is 0 Å². The van der Waals surface area contributed by atoms with Gasteiger partial charge in [-0.15, -0.1) is 0 Å². The van der Waals surface area contributed by atoms with Gasteiger partial charge in [0.1, 0.15) is 0 Å². The molecule has 2 rings (SSSR count). The zero-order valence-electron chi connectivity index (χ0n) is 9.74. The summed E-state index contributed by atoms with van der Waals surface area (Å²) in [6, 6.07) is 1.50. The van der Waals surface area contributed by atoms with Crippen molar-refractivity contribution < 1.29 is 9.53 Å². The maximum absolute atomic E-state index is 11.4. The van der Waals surface area contributed by atoms with E-state index in [1.54, 1.807) is 0 Å². The summed E-state index contributed by atoms with van der Waals surface area (Å²) in [6.45, 7) is 4.05. The van der Waals surface area contributed by atoms with E-state index in [1.807, 2.05) is 13.8 Å². The Balaban J connectivity index is 2.65. The van der Waals surface area contributed by atoms with Crippen molar-refractivity contribution in [2.75, 3.05) is 7.11 Å². The molecule has 0 aromatic carbocycles. The fraction of sp³-hybridized carbons (Fsp3) is 0.364. The molecular weight excluding hydrogens is 242 g/mol. The summed E-state index contributed by atoms with van der Waals surface area (Å²) in [5.74, 6) is -0.272. The van der Waals surface area contributed by atoms with E-state index in [0.29, 0.717) is 10.7 Å². The normalized spacial score (nSPS) is 11.1. The van der Waals surface area contributed by atoms with Crippen LogP contribution in [0, 0.1) is 0 Å². The van der Waals surface area contributed by atoms with E-state index in [1.165, 1.54) is 13.2 Å². The van der Waals surface area contributed by atoms with Gasteiger partial charge in [-0.1, -0.05) is 25.4 Å². The second-order valence-corrected chi connectivity index (χ2v) is 4.38. The Hall–Kier alpha value is -1.62. The standard InChI is InChI=1S/C11H12ClN3O2/c1-5(2)9-8-6(12)4-7(11(16)17-3)13-10(8)15-14-9/h4-5H,1-3H3,(H,13,14,15). The Morgan fingerprint density at radius 1 is 1.53 bits per heavy atom. The van der Waals surface area contributed by atoms with Crippen LogP contribution in [0.5, 0.6) is 0 Å². The lowest BCUT2D eigenvalue weighted by Crippen LogP contribution is -2.04. The maximum atomic E-state index is 11.4. The lowest BCUT2D eigenvalue weighted by molar-refractivity contribution is 0.0594. The van der Waals surface area contributed by atoms with Gasteiger partial charge in [0.15, 0.2) is 11.3 Å². The van der Waals surface area contributed by atoms with E-state index in [4.69, 9.17) is 11.6 Å². The van der Waals surface area contributed by atoms with E-state index < -0.39 is 5.97 Å². The van der Waals surface area contributed by atoms with E-state index in [0.717, 1.165) is 11.1 Å². The molecule has 17 heavy (non-hydrogen) atoms. The van der Waals surface area contributed by atoms with Crippen LogP contribution in [-0.2, 0) is 4.74 Å². The summed E-state index contributed by atoms with van der Waals surface area (Å²) in [7, 11) is 1.30. The number of carbonyl (C=O) groups is 1. The first kappa shape index (κ1) is 11.9. The molecule has 1 N–H and O–H groups in total. The first-order valence-electron chi connectivity index (χ1n) is 5.17. The van der Waals surface area contributed by atoms with Crippen molar-refractivity contribution in [3.63, 3.8) is 0 Å². The summed E-state index contributed by atoms with van der Waals surface area (Å²) in [6.07, 6.45) is 0. The summed E-state index contributed by atoms with van der Waals surface area (Å²) in [5, 5.41) is 8.15. The van der Waals surface area contributed by atoms with Gasteiger partial charge in [-0.2, -0.15) is 5.10 Å². The average molecular weight is 254 g/mol. The summed E-state index contributed by atoms with van der Waals surface area (Å²) >= 11 is 6.15. The molecular formula is C11H12ClN3O2. The number of esters is 1. The van der Waals surface area contributed by atoms with Crippen LogP contribution in [0.3, 0.4) is 0 Å². The van der Waals surface area contributed by atoms with Gasteiger partial charge >= 0.3 is 5.97 Å². The topological polar surface area (TPSA) is 67.9 Å². The van der Waals surface area contributed by atoms with Gasteiger partial charge in [-0.05, 0) is 12.0 Å². The first-order chi connectivity index (χ1) is 8.04. The molecule has 0 bridgehead atoms. The van der Waals surface area contributed by atoms with Crippen molar-refractivity contribution in [1.29, 1.82) is 0 Å².